The molecule has 0 heterocycles. The molecule has 0 atom stereocenters. The SMILES string of the molecule is CC(C)[SiH2]C(C)(C)c1ccc(S(=O)(=O)O)cc1. The van der Waals surface area contributed by atoms with Crippen LogP contribution in [0, 0.1) is 0 Å². The van der Waals surface area contributed by atoms with Crippen molar-refractivity contribution in [3.8, 4) is 0 Å². The van der Waals surface area contributed by atoms with Crippen LogP contribution >= 0.6 is 0 Å². The first-order chi connectivity index (χ1) is 7.63. The number of rotatable bonds is 4. The van der Waals surface area contributed by atoms with Gasteiger partial charge in [-0.05, 0) is 22.7 Å². The van der Waals surface area contributed by atoms with Crippen molar-refractivity contribution in [1.29, 1.82) is 0 Å². The maximum Gasteiger partial charge on any atom is 0.294 e. The van der Waals surface area contributed by atoms with Crippen LogP contribution in [0.4, 0.5) is 0 Å². The highest BCUT2D eigenvalue weighted by Crippen LogP contribution is 2.26. The third-order valence-electron chi connectivity index (χ3n) is 2.85. The molecule has 1 rings (SSSR count). The molecule has 3 nitrogen and oxygen atoms in total. The molecule has 0 aliphatic carbocycles. The summed E-state index contributed by atoms with van der Waals surface area (Å²) < 4.78 is 30.8. The van der Waals surface area contributed by atoms with Crippen LogP contribution in [-0.4, -0.2) is 22.5 Å². The van der Waals surface area contributed by atoms with Crippen LogP contribution < -0.4 is 0 Å². The molecule has 0 aliphatic rings. The van der Waals surface area contributed by atoms with E-state index in [2.05, 4.69) is 27.7 Å². The molecule has 17 heavy (non-hydrogen) atoms. The Morgan fingerprint density at radius 3 is 2.00 bits per heavy atom. The van der Waals surface area contributed by atoms with Crippen molar-refractivity contribution in [3.63, 3.8) is 0 Å². The number of hydrogen-bond acceptors (Lipinski definition) is 2. The molecule has 0 unspecified atom stereocenters. The van der Waals surface area contributed by atoms with Crippen molar-refractivity contribution in [2.45, 2.75) is 43.2 Å². The highest BCUT2D eigenvalue weighted by atomic mass is 32.2. The van der Waals surface area contributed by atoms with Crippen molar-refractivity contribution >= 4 is 19.6 Å². The van der Waals surface area contributed by atoms with E-state index in [-0.39, 0.29) is 19.5 Å². The normalized spacial score (nSPS) is 13.8. The van der Waals surface area contributed by atoms with E-state index in [1.54, 1.807) is 12.1 Å². The molecule has 0 saturated heterocycles. The summed E-state index contributed by atoms with van der Waals surface area (Å²) in [5.74, 6) is 0. The zero-order valence-corrected chi connectivity index (χ0v) is 13.0. The molecule has 5 heteroatoms. The number of hydrogen-bond donors (Lipinski definition) is 1. The molecule has 96 valence electrons. The smallest absolute Gasteiger partial charge is 0.282 e. The quantitative estimate of drug-likeness (QED) is 0.675. The maximum atomic E-state index is 10.9. The van der Waals surface area contributed by atoms with Gasteiger partial charge in [0.2, 0.25) is 0 Å². The average molecular weight is 272 g/mol. The second-order valence-electron chi connectivity index (χ2n) is 5.48. The molecule has 0 aromatic heterocycles. The minimum Gasteiger partial charge on any atom is -0.282 e. The Morgan fingerprint density at radius 1 is 1.18 bits per heavy atom. The average Bonchev–Trinajstić information content (AvgIpc) is 2.14. The maximum absolute atomic E-state index is 10.9. The van der Waals surface area contributed by atoms with Gasteiger partial charge in [0.05, 0.1) is 4.90 Å². The highest BCUT2D eigenvalue weighted by Gasteiger charge is 2.23. The Morgan fingerprint density at radius 2 is 1.65 bits per heavy atom. The van der Waals surface area contributed by atoms with Gasteiger partial charge in [-0.15, -0.1) is 0 Å². The Balaban J connectivity index is 3.03. The fraction of sp³-hybridized carbons (Fsp3) is 0.500. The van der Waals surface area contributed by atoms with Crippen LogP contribution in [0.2, 0.25) is 5.54 Å². The lowest BCUT2D eigenvalue weighted by molar-refractivity contribution is 0.483. The third kappa shape index (κ3) is 3.94. The summed E-state index contributed by atoms with van der Waals surface area (Å²) in [5.41, 5.74) is 1.86. The van der Waals surface area contributed by atoms with Crippen molar-refractivity contribution < 1.29 is 13.0 Å². The van der Waals surface area contributed by atoms with Crippen LogP contribution in [-0.2, 0) is 15.2 Å². The summed E-state index contributed by atoms with van der Waals surface area (Å²) in [5, 5.41) is 0.145. The Labute approximate surface area is 106 Å². The van der Waals surface area contributed by atoms with Crippen LogP contribution in [0.3, 0.4) is 0 Å². The minimum absolute atomic E-state index is 0.0386. The first-order valence-corrected chi connectivity index (χ1v) is 8.67. The molecule has 0 amide bonds. The van der Waals surface area contributed by atoms with Gasteiger partial charge in [-0.1, -0.05) is 45.4 Å². The van der Waals surface area contributed by atoms with Crippen LogP contribution in [0.15, 0.2) is 29.2 Å². The van der Waals surface area contributed by atoms with Gasteiger partial charge < -0.3 is 0 Å². The zero-order valence-electron chi connectivity index (χ0n) is 10.8. The molecular weight excluding hydrogens is 252 g/mol. The molecule has 1 aromatic carbocycles. The van der Waals surface area contributed by atoms with Crippen molar-refractivity contribution in [2.24, 2.45) is 0 Å². The second kappa shape index (κ2) is 4.92. The molecule has 0 radical (unpaired) electrons. The predicted molar refractivity (Wildman–Crippen MR) is 72.9 cm³/mol. The van der Waals surface area contributed by atoms with E-state index >= 15 is 0 Å². The van der Waals surface area contributed by atoms with Gasteiger partial charge in [0.15, 0.2) is 0 Å². The lowest BCUT2D eigenvalue weighted by atomic mass is 10.0. The Hall–Kier alpha value is -0.653. The van der Waals surface area contributed by atoms with Gasteiger partial charge in [-0.3, -0.25) is 4.55 Å². The van der Waals surface area contributed by atoms with Crippen LogP contribution in [0.5, 0.6) is 0 Å². The zero-order chi connectivity index (χ0) is 13.3. The summed E-state index contributed by atoms with van der Waals surface area (Å²) in [6.45, 7) is 8.84. The molecule has 0 aliphatic heterocycles. The molecule has 1 N–H and O–H groups in total. The van der Waals surface area contributed by atoms with Gasteiger partial charge in [0, 0.05) is 9.52 Å². The molecule has 1 aromatic rings. The molecule has 0 spiro atoms. The van der Waals surface area contributed by atoms with Gasteiger partial charge in [0.25, 0.3) is 10.1 Å². The third-order valence-corrected chi connectivity index (χ3v) is 5.97. The standard InChI is InChI=1S/C12H20O3SSi/c1-9(2)17-12(3,4)10-5-7-11(8-6-10)16(13,14)15/h5-9H,17H2,1-4H3,(H,13,14,15). The van der Waals surface area contributed by atoms with E-state index in [1.807, 2.05) is 0 Å². The Bertz CT molecular complexity index is 475. The van der Waals surface area contributed by atoms with E-state index in [0.29, 0.717) is 5.54 Å². The molecule has 0 saturated carbocycles. The minimum atomic E-state index is -4.08. The van der Waals surface area contributed by atoms with Gasteiger partial charge in [-0.2, -0.15) is 8.42 Å². The largest absolute Gasteiger partial charge is 0.294 e. The van der Waals surface area contributed by atoms with Crippen LogP contribution in [0.1, 0.15) is 33.3 Å². The fourth-order valence-electron chi connectivity index (χ4n) is 2.22. The van der Waals surface area contributed by atoms with Gasteiger partial charge in [0.1, 0.15) is 0 Å². The number of benzene rings is 1. The van der Waals surface area contributed by atoms with Gasteiger partial charge >= 0.3 is 0 Å². The second-order valence-corrected chi connectivity index (χ2v) is 10.7. The van der Waals surface area contributed by atoms with Crippen molar-refractivity contribution in [2.75, 3.05) is 0 Å². The highest BCUT2D eigenvalue weighted by molar-refractivity contribution is 7.85. The van der Waals surface area contributed by atoms with E-state index < -0.39 is 10.1 Å². The van der Waals surface area contributed by atoms with Crippen molar-refractivity contribution in [1.82, 2.24) is 0 Å². The molecule has 0 bridgehead atoms. The summed E-state index contributed by atoms with van der Waals surface area (Å²) in [6, 6.07) is 6.55. The Kier molecular flexibility index (Phi) is 4.17. The van der Waals surface area contributed by atoms with Crippen molar-refractivity contribution in [3.05, 3.63) is 29.8 Å². The topological polar surface area (TPSA) is 54.4 Å². The summed E-state index contributed by atoms with van der Waals surface area (Å²) in [6.07, 6.45) is 0. The fourth-order valence-corrected chi connectivity index (χ4v) is 5.21. The summed E-state index contributed by atoms with van der Waals surface area (Å²) in [4.78, 5) is -0.0386. The summed E-state index contributed by atoms with van der Waals surface area (Å²) in [7, 11) is -4.36. The molecule has 0 fully saturated rings. The lowest BCUT2D eigenvalue weighted by Gasteiger charge is -2.26. The van der Waals surface area contributed by atoms with E-state index in [1.165, 1.54) is 12.1 Å². The van der Waals surface area contributed by atoms with Gasteiger partial charge in [-0.25, -0.2) is 0 Å². The monoisotopic (exact) mass is 272 g/mol. The predicted octanol–water partition coefficient (Wildman–Crippen LogP) is 2.17. The van der Waals surface area contributed by atoms with E-state index in [9.17, 15) is 8.42 Å². The summed E-state index contributed by atoms with van der Waals surface area (Å²) >= 11 is 0. The van der Waals surface area contributed by atoms with E-state index in [0.717, 1.165) is 5.56 Å². The first-order valence-electron chi connectivity index (χ1n) is 5.71. The molecular formula is C12H20O3SSi. The van der Waals surface area contributed by atoms with Crippen LogP contribution in [0.25, 0.3) is 0 Å². The van der Waals surface area contributed by atoms with E-state index in [4.69, 9.17) is 4.55 Å². The lowest BCUT2D eigenvalue weighted by Crippen LogP contribution is -2.27. The first kappa shape index (κ1) is 14.4.